The van der Waals surface area contributed by atoms with Gasteiger partial charge in [-0.2, -0.15) is 0 Å². The molecular weight excluding hydrogens is 181 g/mol. The summed E-state index contributed by atoms with van der Waals surface area (Å²) in [7, 11) is 1.87. The Hall–Kier alpha value is -0.930. The third-order valence-corrected chi connectivity index (χ3v) is 2.27. The quantitative estimate of drug-likeness (QED) is 0.755. The van der Waals surface area contributed by atoms with Crippen LogP contribution in [0.25, 0.3) is 0 Å². The van der Waals surface area contributed by atoms with Gasteiger partial charge in [-0.25, -0.2) is 4.39 Å². The Morgan fingerprint density at radius 3 is 2.50 bits per heavy atom. The molecule has 0 aromatic heterocycles. The van der Waals surface area contributed by atoms with Crippen LogP contribution in [0.3, 0.4) is 0 Å². The van der Waals surface area contributed by atoms with E-state index in [0.29, 0.717) is 0 Å². The number of aliphatic hydroxyl groups excluding tert-OH is 1. The number of halogens is 1. The molecule has 0 radical (unpaired) electrons. The smallest absolute Gasteiger partial charge is 0.123 e. The van der Waals surface area contributed by atoms with E-state index in [1.54, 1.807) is 12.1 Å². The van der Waals surface area contributed by atoms with E-state index in [2.05, 4.69) is 5.32 Å². The Morgan fingerprint density at radius 2 is 2.00 bits per heavy atom. The van der Waals surface area contributed by atoms with Crippen LogP contribution in [0.1, 0.15) is 24.4 Å². The fourth-order valence-electron chi connectivity index (χ4n) is 1.47. The Kier molecular flexibility index (Phi) is 4.56. The van der Waals surface area contributed by atoms with Gasteiger partial charge in [0.05, 0.1) is 0 Å². The van der Waals surface area contributed by atoms with Gasteiger partial charge in [-0.05, 0) is 37.6 Å². The summed E-state index contributed by atoms with van der Waals surface area (Å²) in [5.41, 5.74) is 1.06. The summed E-state index contributed by atoms with van der Waals surface area (Å²) < 4.78 is 12.6. The second-order valence-corrected chi connectivity index (χ2v) is 3.26. The first kappa shape index (κ1) is 11.1. The van der Waals surface area contributed by atoms with E-state index >= 15 is 0 Å². The van der Waals surface area contributed by atoms with Crippen LogP contribution >= 0.6 is 0 Å². The average molecular weight is 197 g/mol. The van der Waals surface area contributed by atoms with E-state index < -0.39 is 0 Å². The molecule has 1 unspecified atom stereocenters. The van der Waals surface area contributed by atoms with Crippen molar-refractivity contribution in [2.75, 3.05) is 13.7 Å². The molecule has 1 aromatic rings. The lowest BCUT2D eigenvalue weighted by atomic mass is 10.0. The molecule has 0 spiro atoms. The lowest BCUT2D eigenvalue weighted by Gasteiger charge is -2.15. The number of hydrogen-bond acceptors (Lipinski definition) is 2. The van der Waals surface area contributed by atoms with Crippen molar-refractivity contribution in [2.45, 2.75) is 18.9 Å². The first-order valence-electron chi connectivity index (χ1n) is 4.81. The fourth-order valence-corrected chi connectivity index (χ4v) is 1.47. The zero-order valence-corrected chi connectivity index (χ0v) is 8.33. The van der Waals surface area contributed by atoms with Crippen molar-refractivity contribution in [3.8, 4) is 0 Å². The molecule has 14 heavy (non-hydrogen) atoms. The fraction of sp³-hybridized carbons (Fsp3) is 0.455. The van der Waals surface area contributed by atoms with E-state index in [1.807, 2.05) is 7.05 Å². The van der Waals surface area contributed by atoms with Crippen molar-refractivity contribution in [3.05, 3.63) is 35.6 Å². The summed E-state index contributed by atoms with van der Waals surface area (Å²) in [6.07, 6.45) is 1.61. The largest absolute Gasteiger partial charge is 0.396 e. The highest BCUT2D eigenvalue weighted by atomic mass is 19.1. The molecule has 0 fully saturated rings. The predicted molar refractivity (Wildman–Crippen MR) is 54.5 cm³/mol. The molecule has 0 bridgehead atoms. The topological polar surface area (TPSA) is 32.3 Å². The summed E-state index contributed by atoms with van der Waals surface area (Å²) in [4.78, 5) is 0. The molecule has 0 aliphatic heterocycles. The third kappa shape index (κ3) is 3.09. The van der Waals surface area contributed by atoms with Gasteiger partial charge in [0.15, 0.2) is 0 Å². The van der Waals surface area contributed by atoms with Crippen LogP contribution in [-0.2, 0) is 0 Å². The number of nitrogens with one attached hydrogen (secondary N) is 1. The van der Waals surface area contributed by atoms with Crippen molar-refractivity contribution in [1.82, 2.24) is 5.32 Å². The number of aliphatic hydroxyl groups is 1. The molecule has 0 heterocycles. The van der Waals surface area contributed by atoms with E-state index in [1.165, 1.54) is 12.1 Å². The van der Waals surface area contributed by atoms with Gasteiger partial charge in [0, 0.05) is 12.6 Å². The van der Waals surface area contributed by atoms with Crippen molar-refractivity contribution >= 4 is 0 Å². The molecule has 0 saturated carbocycles. The maximum absolute atomic E-state index is 12.6. The SMILES string of the molecule is CNC(CCCO)c1ccc(F)cc1. The lowest BCUT2D eigenvalue weighted by Crippen LogP contribution is -2.16. The van der Waals surface area contributed by atoms with Crippen LogP contribution < -0.4 is 5.32 Å². The number of rotatable bonds is 5. The molecule has 1 aromatic carbocycles. The molecule has 1 atom stereocenters. The minimum Gasteiger partial charge on any atom is -0.396 e. The zero-order chi connectivity index (χ0) is 10.4. The molecule has 3 heteroatoms. The van der Waals surface area contributed by atoms with E-state index in [-0.39, 0.29) is 18.5 Å². The van der Waals surface area contributed by atoms with Gasteiger partial charge in [0.1, 0.15) is 5.82 Å². The van der Waals surface area contributed by atoms with Gasteiger partial charge >= 0.3 is 0 Å². The summed E-state index contributed by atoms with van der Waals surface area (Å²) in [5, 5.41) is 11.9. The normalized spacial score (nSPS) is 12.8. The molecule has 2 N–H and O–H groups in total. The van der Waals surface area contributed by atoms with Crippen LogP contribution in [-0.4, -0.2) is 18.8 Å². The van der Waals surface area contributed by atoms with Crippen LogP contribution in [0.4, 0.5) is 4.39 Å². The Balaban J connectivity index is 2.64. The van der Waals surface area contributed by atoms with Gasteiger partial charge in [-0.1, -0.05) is 12.1 Å². The van der Waals surface area contributed by atoms with Crippen molar-refractivity contribution in [3.63, 3.8) is 0 Å². The minimum absolute atomic E-state index is 0.194. The molecule has 1 rings (SSSR count). The standard InChI is InChI=1S/C11H16FNO/c1-13-11(3-2-8-14)9-4-6-10(12)7-5-9/h4-7,11,13-14H,2-3,8H2,1H3. The number of hydrogen-bond donors (Lipinski definition) is 2. The van der Waals surface area contributed by atoms with Crippen LogP contribution in [0.2, 0.25) is 0 Å². The molecule has 78 valence electrons. The van der Waals surface area contributed by atoms with Crippen molar-refractivity contribution in [2.24, 2.45) is 0 Å². The Labute approximate surface area is 83.8 Å². The third-order valence-electron chi connectivity index (χ3n) is 2.27. The number of benzene rings is 1. The first-order chi connectivity index (χ1) is 6.77. The lowest BCUT2D eigenvalue weighted by molar-refractivity contribution is 0.276. The van der Waals surface area contributed by atoms with Gasteiger partial charge < -0.3 is 10.4 Å². The van der Waals surface area contributed by atoms with Crippen molar-refractivity contribution in [1.29, 1.82) is 0 Å². The first-order valence-corrected chi connectivity index (χ1v) is 4.81. The maximum atomic E-state index is 12.6. The van der Waals surface area contributed by atoms with Crippen LogP contribution in [0.5, 0.6) is 0 Å². The molecular formula is C11H16FNO. The monoisotopic (exact) mass is 197 g/mol. The average Bonchev–Trinajstić information content (AvgIpc) is 2.21. The minimum atomic E-state index is -0.217. The molecule has 0 saturated heterocycles. The maximum Gasteiger partial charge on any atom is 0.123 e. The summed E-state index contributed by atoms with van der Waals surface area (Å²) >= 11 is 0. The summed E-state index contributed by atoms with van der Waals surface area (Å²) in [6.45, 7) is 0.194. The highest BCUT2D eigenvalue weighted by Crippen LogP contribution is 2.17. The van der Waals surface area contributed by atoms with E-state index in [0.717, 1.165) is 18.4 Å². The van der Waals surface area contributed by atoms with Crippen LogP contribution in [0.15, 0.2) is 24.3 Å². The van der Waals surface area contributed by atoms with E-state index in [4.69, 9.17) is 5.11 Å². The second-order valence-electron chi connectivity index (χ2n) is 3.26. The van der Waals surface area contributed by atoms with Gasteiger partial charge in [0.2, 0.25) is 0 Å². The highest BCUT2D eigenvalue weighted by Gasteiger charge is 2.07. The Morgan fingerprint density at radius 1 is 1.36 bits per heavy atom. The van der Waals surface area contributed by atoms with Crippen molar-refractivity contribution < 1.29 is 9.50 Å². The van der Waals surface area contributed by atoms with Gasteiger partial charge in [-0.15, -0.1) is 0 Å². The zero-order valence-electron chi connectivity index (χ0n) is 8.33. The van der Waals surface area contributed by atoms with Crippen LogP contribution in [0, 0.1) is 5.82 Å². The predicted octanol–water partition coefficient (Wildman–Crippen LogP) is 1.86. The highest BCUT2D eigenvalue weighted by molar-refractivity contribution is 5.19. The summed E-state index contributed by atoms with van der Waals surface area (Å²) in [6, 6.07) is 6.65. The molecule has 0 aliphatic rings. The molecule has 2 nitrogen and oxygen atoms in total. The second kappa shape index (κ2) is 5.73. The summed E-state index contributed by atoms with van der Waals surface area (Å²) in [5.74, 6) is -0.217. The van der Waals surface area contributed by atoms with Gasteiger partial charge in [0.25, 0.3) is 0 Å². The van der Waals surface area contributed by atoms with Gasteiger partial charge in [-0.3, -0.25) is 0 Å². The Bertz CT molecular complexity index is 260. The molecule has 0 amide bonds. The molecule has 0 aliphatic carbocycles. The van der Waals surface area contributed by atoms with E-state index in [9.17, 15) is 4.39 Å².